The largest absolute Gasteiger partial charge is 0.342 e. The third kappa shape index (κ3) is 4.20. The highest BCUT2D eigenvalue weighted by Gasteiger charge is 2.35. The van der Waals surface area contributed by atoms with Crippen LogP contribution in [0.3, 0.4) is 0 Å². The number of hydrogen-bond acceptors (Lipinski definition) is 3. The first kappa shape index (κ1) is 20.7. The Morgan fingerprint density at radius 1 is 0.962 bits per heavy atom. The lowest BCUT2D eigenvalue weighted by Crippen LogP contribution is -2.43. The molecule has 2 fully saturated rings. The number of rotatable bonds is 3. The number of amides is 1. The first-order chi connectivity index (χ1) is 11.9. The van der Waals surface area contributed by atoms with Gasteiger partial charge in [-0.2, -0.15) is 0 Å². The van der Waals surface area contributed by atoms with E-state index in [9.17, 15) is 22.8 Å². The van der Waals surface area contributed by atoms with Crippen molar-refractivity contribution in [3.63, 3.8) is 0 Å². The molecule has 26 heavy (non-hydrogen) atoms. The van der Waals surface area contributed by atoms with Crippen LogP contribution in [0.1, 0.15) is 42.5 Å². The van der Waals surface area contributed by atoms with Crippen LogP contribution in [0.5, 0.6) is 0 Å². The predicted molar refractivity (Wildman–Crippen MR) is 92.5 cm³/mol. The monoisotopic (exact) mass is 390 g/mol. The van der Waals surface area contributed by atoms with Crippen LogP contribution in [0.15, 0.2) is 12.1 Å². The van der Waals surface area contributed by atoms with Crippen molar-refractivity contribution in [3.8, 4) is 0 Å². The second-order valence-corrected chi connectivity index (χ2v) is 6.98. The van der Waals surface area contributed by atoms with E-state index >= 15 is 0 Å². The number of carbonyl (C=O) groups excluding carboxylic acids is 2. The van der Waals surface area contributed by atoms with Crippen molar-refractivity contribution in [2.45, 2.75) is 38.1 Å². The normalized spacial score (nSPS) is 23.6. The van der Waals surface area contributed by atoms with Gasteiger partial charge in [0, 0.05) is 43.1 Å². The number of nitrogens with zero attached hydrogens (tertiary/aromatic N) is 1. The van der Waals surface area contributed by atoms with Crippen molar-refractivity contribution in [3.05, 3.63) is 35.1 Å². The highest BCUT2D eigenvalue weighted by atomic mass is 35.5. The molecule has 1 aliphatic carbocycles. The van der Waals surface area contributed by atoms with Gasteiger partial charge in [0.25, 0.3) is 0 Å². The van der Waals surface area contributed by atoms with Crippen molar-refractivity contribution in [2.24, 2.45) is 17.6 Å². The molecule has 0 bridgehead atoms. The summed E-state index contributed by atoms with van der Waals surface area (Å²) in [6.07, 6.45) is 3.00. The topological polar surface area (TPSA) is 63.4 Å². The van der Waals surface area contributed by atoms with E-state index in [4.69, 9.17) is 5.73 Å². The summed E-state index contributed by atoms with van der Waals surface area (Å²) in [7, 11) is 0. The molecule has 0 radical (unpaired) electrons. The minimum Gasteiger partial charge on any atom is -0.342 e. The maximum Gasteiger partial charge on any atom is 0.225 e. The zero-order chi connectivity index (χ0) is 18.1. The van der Waals surface area contributed by atoms with Crippen molar-refractivity contribution >= 4 is 24.1 Å². The summed E-state index contributed by atoms with van der Waals surface area (Å²) in [5.74, 6) is -4.65. The van der Waals surface area contributed by atoms with E-state index in [1.165, 1.54) is 0 Å². The third-order valence-corrected chi connectivity index (χ3v) is 5.25. The Kier molecular flexibility index (Phi) is 6.69. The molecule has 2 N–H and O–H groups in total. The average molecular weight is 391 g/mol. The Balaban J connectivity index is 0.00000243. The first-order valence-electron chi connectivity index (χ1n) is 8.60. The van der Waals surface area contributed by atoms with Gasteiger partial charge >= 0.3 is 0 Å². The van der Waals surface area contributed by atoms with E-state index < -0.39 is 34.7 Å². The van der Waals surface area contributed by atoms with Crippen LogP contribution in [0.25, 0.3) is 0 Å². The maximum absolute atomic E-state index is 13.8. The number of carbonyl (C=O) groups is 2. The van der Waals surface area contributed by atoms with Gasteiger partial charge in [0.1, 0.15) is 17.5 Å². The van der Waals surface area contributed by atoms with Gasteiger partial charge < -0.3 is 10.6 Å². The Morgan fingerprint density at radius 3 is 2.04 bits per heavy atom. The molecule has 1 aromatic carbocycles. The van der Waals surface area contributed by atoms with Gasteiger partial charge in [-0.25, -0.2) is 13.2 Å². The van der Waals surface area contributed by atoms with Crippen molar-refractivity contribution in [2.75, 3.05) is 13.1 Å². The summed E-state index contributed by atoms with van der Waals surface area (Å²) in [5, 5.41) is 0. The molecular formula is C18H22ClF3N2O2. The second kappa shape index (κ2) is 8.39. The quantitative estimate of drug-likeness (QED) is 0.807. The van der Waals surface area contributed by atoms with Crippen LogP contribution in [-0.4, -0.2) is 35.7 Å². The lowest BCUT2D eigenvalue weighted by Gasteiger charge is -2.33. The smallest absolute Gasteiger partial charge is 0.225 e. The number of nitrogens with two attached hydrogens (primary N) is 1. The molecule has 1 amide bonds. The van der Waals surface area contributed by atoms with Crippen LogP contribution < -0.4 is 5.73 Å². The summed E-state index contributed by atoms with van der Waals surface area (Å²) in [6.45, 7) is 0.761. The Bertz CT molecular complexity index is 670. The molecule has 1 heterocycles. The van der Waals surface area contributed by atoms with Gasteiger partial charge in [0.05, 0.1) is 5.56 Å². The molecule has 0 aromatic heterocycles. The molecule has 4 nitrogen and oxygen atoms in total. The standard InChI is InChI=1S/C18H21F3N2O2.ClH/c19-12-8-14(20)16(15(21)9-12)17(24)10-3-5-23(6-4-10)18(25)11-1-2-13(22)7-11;/h8-11,13H,1-7,22H2;1H. The molecule has 3 rings (SSSR count). The van der Waals surface area contributed by atoms with Gasteiger partial charge in [-0.15, -0.1) is 12.4 Å². The molecule has 2 unspecified atom stereocenters. The fourth-order valence-electron chi connectivity index (χ4n) is 3.84. The number of likely N-dealkylation sites (tertiary alicyclic amines) is 1. The minimum absolute atomic E-state index is 0. The molecular weight excluding hydrogens is 369 g/mol. The highest BCUT2D eigenvalue weighted by Crippen LogP contribution is 2.30. The maximum atomic E-state index is 13.8. The number of ketones is 1. The summed E-state index contributed by atoms with van der Waals surface area (Å²) in [6, 6.07) is 1.09. The van der Waals surface area contributed by atoms with Crippen molar-refractivity contribution < 1.29 is 22.8 Å². The first-order valence-corrected chi connectivity index (χ1v) is 8.60. The predicted octanol–water partition coefficient (Wildman–Crippen LogP) is 3.07. The fourth-order valence-corrected chi connectivity index (χ4v) is 3.84. The van der Waals surface area contributed by atoms with Crippen LogP contribution >= 0.6 is 12.4 Å². The summed E-state index contributed by atoms with van der Waals surface area (Å²) >= 11 is 0. The van der Waals surface area contributed by atoms with E-state index in [2.05, 4.69) is 0 Å². The van der Waals surface area contributed by atoms with E-state index in [0.717, 1.165) is 12.8 Å². The molecule has 0 spiro atoms. The average Bonchev–Trinajstić information content (AvgIpc) is 2.99. The molecule has 1 aromatic rings. The number of piperidine rings is 1. The van der Waals surface area contributed by atoms with E-state index in [1.54, 1.807) is 4.90 Å². The molecule has 1 saturated heterocycles. The molecule has 1 aliphatic heterocycles. The zero-order valence-corrected chi connectivity index (χ0v) is 15.0. The molecule has 2 atom stereocenters. The number of benzene rings is 1. The number of Topliss-reactive ketones (excluding diaryl/α,β-unsaturated/α-hetero) is 1. The molecule has 2 aliphatic rings. The fraction of sp³-hybridized carbons (Fsp3) is 0.556. The SMILES string of the molecule is Cl.NC1CCC(C(=O)N2CCC(C(=O)c3c(F)cc(F)cc3F)CC2)C1. The summed E-state index contributed by atoms with van der Waals surface area (Å²) in [4.78, 5) is 26.6. The molecule has 1 saturated carbocycles. The highest BCUT2D eigenvalue weighted by molar-refractivity contribution is 5.98. The van der Waals surface area contributed by atoms with Crippen molar-refractivity contribution in [1.29, 1.82) is 0 Å². The Hall–Kier alpha value is -1.60. The number of hydrogen-bond donors (Lipinski definition) is 1. The molecule has 8 heteroatoms. The van der Waals surface area contributed by atoms with Crippen LogP contribution in [-0.2, 0) is 4.79 Å². The summed E-state index contributed by atoms with van der Waals surface area (Å²) < 4.78 is 40.6. The van der Waals surface area contributed by atoms with E-state index in [-0.39, 0.29) is 30.3 Å². The van der Waals surface area contributed by atoms with E-state index in [0.29, 0.717) is 44.5 Å². The Morgan fingerprint density at radius 2 is 1.54 bits per heavy atom. The lowest BCUT2D eigenvalue weighted by molar-refractivity contribution is -0.136. The van der Waals surface area contributed by atoms with Gasteiger partial charge in [0.2, 0.25) is 5.91 Å². The lowest BCUT2D eigenvalue weighted by atomic mass is 9.88. The van der Waals surface area contributed by atoms with Gasteiger partial charge in [-0.1, -0.05) is 0 Å². The third-order valence-electron chi connectivity index (χ3n) is 5.25. The van der Waals surface area contributed by atoms with Gasteiger partial charge in [-0.05, 0) is 32.1 Å². The minimum atomic E-state index is -1.18. The zero-order valence-electron chi connectivity index (χ0n) is 14.2. The van der Waals surface area contributed by atoms with Crippen LogP contribution in [0.4, 0.5) is 13.2 Å². The summed E-state index contributed by atoms with van der Waals surface area (Å²) in [5.41, 5.74) is 5.16. The van der Waals surface area contributed by atoms with E-state index in [1.807, 2.05) is 0 Å². The second-order valence-electron chi connectivity index (χ2n) is 6.98. The van der Waals surface area contributed by atoms with Crippen LogP contribution in [0.2, 0.25) is 0 Å². The van der Waals surface area contributed by atoms with Gasteiger partial charge in [-0.3, -0.25) is 9.59 Å². The Labute approximate surface area is 156 Å². The van der Waals surface area contributed by atoms with Gasteiger partial charge in [0.15, 0.2) is 5.78 Å². The van der Waals surface area contributed by atoms with Crippen LogP contribution in [0, 0.1) is 29.3 Å². The van der Waals surface area contributed by atoms with Crippen molar-refractivity contribution in [1.82, 2.24) is 4.90 Å². The molecule has 144 valence electrons. The number of halogens is 4.